The molecule has 0 amide bonds. The lowest BCUT2D eigenvalue weighted by atomic mass is 9.80. The Balaban J connectivity index is 3.27. The summed E-state index contributed by atoms with van der Waals surface area (Å²) in [6.07, 6.45) is 0. The van der Waals surface area contributed by atoms with Gasteiger partial charge in [-0.3, -0.25) is 0 Å². The van der Waals surface area contributed by atoms with Crippen LogP contribution in [-0.2, 0) is 0 Å². The zero-order valence-corrected chi connectivity index (χ0v) is 11.2. The van der Waals surface area contributed by atoms with E-state index in [4.69, 9.17) is 10.5 Å². The number of hydrogen-bond donors (Lipinski definition) is 2. The molecule has 0 radical (unpaired) electrons. The summed E-state index contributed by atoms with van der Waals surface area (Å²) in [7, 11) is 3.00. The third-order valence-corrected chi connectivity index (χ3v) is 3.18. The van der Waals surface area contributed by atoms with E-state index in [1.807, 2.05) is 13.8 Å². The van der Waals surface area contributed by atoms with Gasteiger partial charge in [-0.1, -0.05) is 13.8 Å². The number of halogens is 2. The number of methoxy groups -OCH3 is 1. The predicted molar refractivity (Wildman–Crippen MR) is 67.5 cm³/mol. The smallest absolute Gasteiger partial charge is 0.165 e. The predicted octanol–water partition coefficient (Wildman–Crippen LogP) is 2.22. The Labute approximate surface area is 106 Å². The number of nitrogens with one attached hydrogen (secondary N) is 1. The first kappa shape index (κ1) is 14.9. The first-order chi connectivity index (χ1) is 8.37. The van der Waals surface area contributed by atoms with Crippen molar-refractivity contribution < 1.29 is 13.5 Å². The maximum absolute atomic E-state index is 14.0. The fourth-order valence-electron chi connectivity index (χ4n) is 2.01. The molecule has 0 saturated heterocycles. The molecule has 1 atom stereocenters. The maximum Gasteiger partial charge on any atom is 0.165 e. The second-order valence-corrected chi connectivity index (χ2v) is 4.92. The minimum atomic E-state index is -0.582. The van der Waals surface area contributed by atoms with Crippen molar-refractivity contribution in [1.29, 1.82) is 0 Å². The third-order valence-electron chi connectivity index (χ3n) is 3.18. The number of rotatable bonds is 5. The van der Waals surface area contributed by atoms with Crippen molar-refractivity contribution in [2.75, 3.05) is 20.7 Å². The Kier molecular flexibility index (Phi) is 4.65. The van der Waals surface area contributed by atoms with E-state index in [2.05, 4.69) is 5.32 Å². The summed E-state index contributed by atoms with van der Waals surface area (Å²) in [5.74, 6) is -1.19. The molecule has 18 heavy (non-hydrogen) atoms. The molecule has 1 aromatic carbocycles. The molecule has 0 heterocycles. The summed E-state index contributed by atoms with van der Waals surface area (Å²) in [6, 6.07) is 1.84. The van der Waals surface area contributed by atoms with Crippen molar-refractivity contribution in [1.82, 2.24) is 5.32 Å². The first-order valence-corrected chi connectivity index (χ1v) is 5.77. The minimum absolute atomic E-state index is 0.100. The lowest BCUT2D eigenvalue weighted by molar-refractivity contribution is 0.258. The van der Waals surface area contributed by atoms with Crippen molar-refractivity contribution in [2.45, 2.75) is 19.9 Å². The summed E-state index contributed by atoms with van der Waals surface area (Å²) < 4.78 is 32.4. The average molecular weight is 258 g/mol. The minimum Gasteiger partial charge on any atom is -0.494 e. The highest BCUT2D eigenvalue weighted by atomic mass is 19.1. The summed E-state index contributed by atoms with van der Waals surface area (Å²) in [5.41, 5.74) is 5.55. The highest BCUT2D eigenvalue weighted by molar-refractivity contribution is 5.33. The van der Waals surface area contributed by atoms with Gasteiger partial charge in [0, 0.05) is 17.7 Å². The lowest BCUT2D eigenvalue weighted by Crippen LogP contribution is -2.38. The largest absolute Gasteiger partial charge is 0.494 e. The number of nitrogens with two attached hydrogens (primary N) is 1. The normalized spacial score (nSPS) is 13.5. The molecule has 0 fully saturated rings. The zero-order valence-electron chi connectivity index (χ0n) is 11.2. The standard InChI is InChI=1S/C13H20F2N2O/c1-13(2,7-16)12(17-3)8-5-10(15)11(18-4)6-9(8)14/h5-6,12,17H,7,16H2,1-4H3. The van der Waals surface area contributed by atoms with Crippen LogP contribution in [0.2, 0.25) is 0 Å². The van der Waals surface area contributed by atoms with Gasteiger partial charge in [0.05, 0.1) is 7.11 Å². The van der Waals surface area contributed by atoms with Gasteiger partial charge in [-0.25, -0.2) is 8.78 Å². The molecule has 0 bridgehead atoms. The van der Waals surface area contributed by atoms with Crippen LogP contribution in [0.15, 0.2) is 12.1 Å². The number of hydrogen-bond acceptors (Lipinski definition) is 3. The molecule has 1 unspecified atom stereocenters. The fourth-order valence-corrected chi connectivity index (χ4v) is 2.01. The molecule has 102 valence electrons. The molecule has 5 heteroatoms. The molecule has 0 aliphatic carbocycles. The SMILES string of the molecule is CNC(c1cc(F)c(OC)cc1F)C(C)(C)CN. The van der Waals surface area contributed by atoms with Gasteiger partial charge >= 0.3 is 0 Å². The molecule has 1 rings (SSSR count). The quantitative estimate of drug-likeness (QED) is 0.851. The molecule has 0 aliphatic heterocycles. The molecule has 0 saturated carbocycles. The van der Waals surface area contributed by atoms with E-state index in [9.17, 15) is 8.78 Å². The van der Waals surface area contributed by atoms with Gasteiger partial charge in [0.25, 0.3) is 0 Å². The summed E-state index contributed by atoms with van der Waals surface area (Å²) in [6.45, 7) is 4.15. The molecule has 3 N–H and O–H groups in total. The molecular weight excluding hydrogens is 238 g/mol. The van der Waals surface area contributed by atoms with Crippen molar-refractivity contribution in [3.05, 3.63) is 29.3 Å². The van der Waals surface area contributed by atoms with Gasteiger partial charge in [-0.15, -0.1) is 0 Å². The topological polar surface area (TPSA) is 47.3 Å². The third kappa shape index (κ3) is 2.79. The van der Waals surface area contributed by atoms with E-state index in [0.29, 0.717) is 6.54 Å². The van der Waals surface area contributed by atoms with Gasteiger partial charge in [0.1, 0.15) is 5.82 Å². The van der Waals surface area contributed by atoms with Gasteiger partial charge in [0.2, 0.25) is 0 Å². The summed E-state index contributed by atoms with van der Waals surface area (Å²) in [5, 5.41) is 2.99. The van der Waals surface area contributed by atoms with E-state index >= 15 is 0 Å². The lowest BCUT2D eigenvalue weighted by Gasteiger charge is -2.33. The van der Waals surface area contributed by atoms with Crippen LogP contribution in [0, 0.1) is 17.0 Å². The van der Waals surface area contributed by atoms with E-state index in [0.717, 1.165) is 12.1 Å². The monoisotopic (exact) mass is 258 g/mol. The van der Waals surface area contributed by atoms with E-state index in [1.165, 1.54) is 7.11 Å². The van der Waals surface area contributed by atoms with Gasteiger partial charge < -0.3 is 15.8 Å². The van der Waals surface area contributed by atoms with Crippen LogP contribution in [-0.4, -0.2) is 20.7 Å². The highest BCUT2D eigenvalue weighted by Crippen LogP contribution is 2.35. The molecule has 3 nitrogen and oxygen atoms in total. The van der Waals surface area contributed by atoms with Crippen molar-refractivity contribution in [3.63, 3.8) is 0 Å². The fraction of sp³-hybridized carbons (Fsp3) is 0.538. The second-order valence-electron chi connectivity index (χ2n) is 4.92. The maximum atomic E-state index is 14.0. The van der Waals surface area contributed by atoms with Gasteiger partial charge in [-0.05, 0) is 25.1 Å². The van der Waals surface area contributed by atoms with E-state index < -0.39 is 17.0 Å². The summed E-state index contributed by atoms with van der Waals surface area (Å²) >= 11 is 0. The van der Waals surface area contributed by atoms with E-state index in [-0.39, 0.29) is 17.4 Å². The molecular formula is C13H20F2N2O. The van der Waals surface area contributed by atoms with Crippen LogP contribution in [0.25, 0.3) is 0 Å². The number of benzene rings is 1. The Hall–Kier alpha value is -1.20. The van der Waals surface area contributed by atoms with Crippen LogP contribution in [0.4, 0.5) is 8.78 Å². The van der Waals surface area contributed by atoms with Crippen molar-refractivity contribution in [3.8, 4) is 5.75 Å². The molecule has 0 aromatic heterocycles. The van der Waals surface area contributed by atoms with Crippen LogP contribution in [0.5, 0.6) is 5.75 Å². The molecule has 0 spiro atoms. The van der Waals surface area contributed by atoms with Gasteiger partial charge in [-0.2, -0.15) is 0 Å². The van der Waals surface area contributed by atoms with Crippen molar-refractivity contribution >= 4 is 0 Å². The second kappa shape index (κ2) is 5.63. The van der Waals surface area contributed by atoms with Crippen LogP contribution in [0.1, 0.15) is 25.5 Å². The first-order valence-electron chi connectivity index (χ1n) is 5.77. The van der Waals surface area contributed by atoms with Crippen LogP contribution < -0.4 is 15.8 Å². The van der Waals surface area contributed by atoms with Crippen LogP contribution in [0.3, 0.4) is 0 Å². The highest BCUT2D eigenvalue weighted by Gasteiger charge is 2.31. The summed E-state index contributed by atoms with van der Waals surface area (Å²) in [4.78, 5) is 0. The Morgan fingerprint density at radius 1 is 1.33 bits per heavy atom. The van der Waals surface area contributed by atoms with Crippen molar-refractivity contribution in [2.24, 2.45) is 11.1 Å². The number of ether oxygens (including phenoxy) is 1. The molecule has 0 aliphatic rings. The van der Waals surface area contributed by atoms with Gasteiger partial charge in [0.15, 0.2) is 11.6 Å². The average Bonchev–Trinajstić information content (AvgIpc) is 2.33. The molecule has 1 aromatic rings. The Bertz CT molecular complexity index is 422. The zero-order chi connectivity index (χ0) is 13.9. The van der Waals surface area contributed by atoms with E-state index in [1.54, 1.807) is 7.05 Å². The Morgan fingerprint density at radius 2 is 1.94 bits per heavy atom. The van der Waals surface area contributed by atoms with Crippen LogP contribution >= 0.6 is 0 Å². The Morgan fingerprint density at radius 3 is 2.39 bits per heavy atom.